The van der Waals surface area contributed by atoms with Gasteiger partial charge in [-0.05, 0) is 23.2 Å². The van der Waals surface area contributed by atoms with E-state index in [1.807, 2.05) is 30.3 Å². The quantitative estimate of drug-likeness (QED) is 0.810. The van der Waals surface area contributed by atoms with Gasteiger partial charge in [-0.15, -0.1) is 0 Å². The van der Waals surface area contributed by atoms with Gasteiger partial charge in [-0.2, -0.15) is 0 Å². The van der Waals surface area contributed by atoms with Crippen LogP contribution in [0.3, 0.4) is 0 Å². The topological polar surface area (TPSA) is 116 Å². The molecule has 2 aromatic rings. The molecule has 3 atom stereocenters. The highest BCUT2D eigenvalue weighted by molar-refractivity contribution is 6.23. The van der Waals surface area contributed by atoms with Crippen LogP contribution in [0.4, 0.5) is 0 Å². The van der Waals surface area contributed by atoms with Crippen LogP contribution in [0.2, 0.25) is 0 Å². The summed E-state index contributed by atoms with van der Waals surface area (Å²) in [7, 11) is 0. The maximum atomic E-state index is 12.9. The van der Waals surface area contributed by atoms with E-state index in [-0.39, 0.29) is 23.8 Å². The minimum atomic E-state index is -2.20. The lowest BCUT2D eigenvalue weighted by molar-refractivity contribution is -0.134. The number of nitrogens with two attached hydrogens (primary N) is 1. The number of aromatic nitrogens is 1. The first kappa shape index (κ1) is 15.7. The minimum Gasteiger partial charge on any atom is -0.470 e. The van der Waals surface area contributed by atoms with E-state index in [9.17, 15) is 14.7 Å². The number of nitrogens with zero attached hydrogens (tertiary/aromatic N) is 1. The fourth-order valence-corrected chi connectivity index (χ4v) is 3.41. The van der Waals surface area contributed by atoms with Gasteiger partial charge in [0.15, 0.2) is 17.1 Å². The van der Waals surface area contributed by atoms with Gasteiger partial charge in [-0.3, -0.25) is 9.59 Å². The third kappa shape index (κ3) is 2.24. The van der Waals surface area contributed by atoms with Crippen molar-refractivity contribution in [3.8, 4) is 5.88 Å². The Kier molecular flexibility index (Phi) is 3.55. The number of Topliss-reactive ketones (excluding diaryl/α,β-unsaturated/α-hetero) is 1. The molecule has 2 aliphatic carbocycles. The van der Waals surface area contributed by atoms with Crippen molar-refractivity contribution in [3.63, 3.8) is 0 Å². The van der Waals surface area contributed by atoms with Crippen molar-refractivity contribution >= 4 is 11.6 Å². The number of fused-ring (bicyclic) bond motifs is 2. The van der Waals surface area contributed by atoms with E-state index in [4.69, 9.17) is 15.0 Å². The zero-order valence-electron chi connectivity index (χ0n) is 13.2. The summed E-state index contributed by atoms with van der Waals surface area (Å²) in [6.07, 6.45) is 3.11. The molecule has 0 unspecified atom stereocenters. The van der Waals surface area contributed by atoms with Crippen molar-refractivity contribution in [2.75, 3.05) is 0 Å². The summed E-state index contributed by atoms with van der Waals surface area (Å²) >= 11 is 0. The van der Waals surface area contributed by atoms with E-state index in [1.165, 1.54) is 6.08 Å². The van der Waals surface area contributed by atoms with Crippen LogP contribution in [0.15, 0.2) is 47.0 Å². The molecular formula is C18H16N2O5. The molecule has 0 radical (unpaired) electrons. The lowest BCUT2D eigenvalue weighted by Gasteiger charge is -2.40. The van der Waals surface area contributed by atoms with Crippen molar-refractivity contribution in [1.29, 1.82) is 0 Å². The molecule has 1 heterocycles. The Morgan fingerprint density at radius 2 is 2.08 bits per heavy atom. The first-order chi connectivity index (χ1) is 12.0. The Hall–Kier alpha value is -2.77. The molecule has 0 amide bonds. The standard InChI is InChI=1S/C18H16N2O5/c19-14-11-7-4-8-12(21)18(11,23)16(22)13-15(14)25-20-17(13)24-9-10-5-2-1-3-6-10/h1-6,8,11,14,23H,7,9,19H2/t11-,14-,18-/m0/s1. The molecule has 0 saturated carbocycles. The van der Waals surface area contributed by atoms with Crippen molar-refractivity contribution in [2.24, 2.45) is 11.7 Å². The van der Waals surface area contributed by atoms with Crippen LogP contribution in [-0.4, -0.2) is 27.4 Å². The minimum absolute atomic E-state index is 0.0502. The van der Waals surface area contributed by atoms with Crippen molar-refractivity contribution in [2.45, 2.75) is 24.7 Å². The SMILES string of the molecule is N[C@@H]1c2onc(OCc3ccccc3)c2C(=O)[C@@]2(O)C(=O)C=CC[C@@H]12. The summed E-state index contributed by atoms with van der Waals surface area (Å²) in [4.78, 5) is 25.1. The number of allylic oxidation sites excluding steroid dienone is 1. The summed E-state index contributed by atoms with van der Waals surface area (Å²) < 4.78 is 10.8. The number of hydrogen-bond donors (Lipinski definition) is 2. The monoisotopic (exact) mass is 340 g/mol. The number of benzene rings is 1. The average Bonchev–Trinajstić information content (AvgIpc) is 3.05. The predicted molar refractivity (Wildman–Crippen MR) is 85.7 cm³/mol. The Morgan fingerprint density at radius 3 is 2.84 bits per heavy atom. The van der Waals surface area contributed by atoms with E-state index >= 15 is 0 Å². The molecule has 2 aliphatic rings. The number of ether oxygens (including phenoxy) is 1. The molecule has 25 heavy (non-hydrogen) atoms. The maximum Gasteiger partial charge on any atom is 0.265 e. The maximum absolute atomic E-state index is 12.9. The van der Waals surface area contributed by atoms with Crippen LogP contribution in [-0.2, 0) is 11.4 Å². The number of ketones is 2. The van der Waals surface area contributed by atoms with Gasteiger partial charge in [0.25, 0.3) is 5.88 Å². The third-order valence-electron chi connectivity index (χ3n) is 4.79. The van der Waals surface area contributed by atoms with E-state index in [2.05, 4.69) is 5.16 Å². The number of carbonyl (C=O) groups is 2. The van der Waals surface area contributed by atoms with Gasteiger partial charge < -0.3 is 20.1 Å². The summed E-state index contributed by atoms with van der Waals surface area (Å²) in [6, 6.07) is 8.49. The van der Waals surface area contributed by atoms with E-state index in [0.717, 1.165) is 5.56 Å². The normalized spacial score (nSPS) is 27.8. The van der Waals surface area contributed by atoms with Gasteiger partial charge in [0.05, 0.1) is 6.04 Å². The Bertz CT molecular complexity index is 873. The predicted octanol–water partition coefficient (Wildman–Crippen LogP) is 1.33. The van der Waals surface area contributed by atoms with Crippen LogP contribution in [0.5, 0.6) is 5.88 Å². The molecule has 0 bridgehead atoms. The second kappa shape index (κ2) is 5.65. The highest BCUT2D eigenvalue weighted by Gasteiger charge is 2.59. The highest BCUT2D eigenvalue weighted by atomic mass is 16.5. The van der Waals surface area contributed by atoms with Crippen LogP contribution in [0, 0.1) is 5.92 Å². The molecule has 7 heteroatoms. The molecule has 0 saturated heterocycles. The number of hydrogen-bond acceptors (Lipinski definition) is 7. The molecule has 4 rings (SSSR count). The van der Waals surface area contributed by atoms with Gasteiger partial charge in [0.2, 0.25) is 5.78 Å². The van der Waals surface area contributed by atoms with Crippen molar-refractivity contribution in [3.05, 3.63) is 59.4 Å². The molecule has 3 N–H and O–H groups in total. The van der Waals surface area contributed by atoms with E-state index < -0.39 is 29.1 Å². The summed E-state index contributed by atoms with van der Waals surface area (Å²) in [5.41, 5.74) is 4.77. The van der Waals surface area contributed by atoms with Gasteiger partial charge >= 0.3 is 0 Å². The Balaban J connectivity index is 1.70. The smallest absolute Gasteiger partial charge is 0.265 e. The first-order valence-corrected chi connectivity index (χ1v) is 7.93. The fraction of sp³-hybridized carbons (Fsp3) is 0.278. The summed E-state index contributed by atoms with van der Waals surface area (Å²) in [5.74, 6) is -2.14. The van der Waals surface area contributed by atoms with Crippen molar-refractivity contribution < 1.29 is 24.0 Å². The molecule has 1 aromatic heterocycles. The van der Waals surface area contributed by atoms with Crippen molar-refractivity contribution in [1.82, 2.24) is 5.16 Å². The molecule has 128 valence electrons. The first-order valence-electron chi connectivity index (χ1n) is 7.93. The number of aliphatic hydroxyl groups is 1. The second-order valence-corrected chi connectivity index (χ2v) is 6.23. The van der Waals surface area contributed by atoms with E-state index in [0.29, 0.717) is 6.42 Å². The van der Waals surface area contributed by atoms with Gasteiger partial charge in [0, 0.05) is 5.92 Å². The molecule has 7 nitrogen and oxygen atoms in total. The third-order valence-corrected chi connectivity index (χ3v) is 4.79. The number of carbonyl (C=O) groups excluding carboxylic acids is 2. The van der Waals surface area contributed by atoms with E-state index in [1.54, 1.807) is 6.08 Å². The van der Waals surface area contributed by atoms with Crippen LogP contribution in [0.25, 0.3) is 0 Å². The van der Waals surface area contributed by atoms with Gasteiger partial charge in [0.1, 0.15) is 12.2 Å². The molecule has 1 aromatic carbocycles. The summed E-state index contributed by atoms with van der Waals surface area (Å²) in [5, 5.41) is 14.6. The van der Waals surface area contributed by atoms with Gasteiger partial charge in [-0.1, -0.05) is 36.4 Å². The average molecular weight is 340 g/mol. The fourth-order valence-electron chi connectivity index (χ4n) is 3.41. The summed E-state index contributed by atoms with van der Waals surface area (Å²) in [6.45, 7) is 0.165. The second-order valence-electron chi connectivity index (χ2n) is 6.23. The van der Waals surface area contributed by atoms with Crippen LogP contribution < -0.4 is 10.5 Å². The van der Waals surface area contributed by atoms with Gasteiger partial charge in [-0.25, -0.2) is 0 Å². The molecule has 0 spiro atoms. The lowest BCUT2D eigenvalue weighted by atomic mass is 9.66. The molecule has 0 aliphatic heterocycles. The molecular weight excluding hydrogens is 324 g/mol. The van der Waals surface area contributed by atoms with Crippen LogP contribution in [0.1, 0.15) is 34.1 Å². The zero-order chi connectivity index (χ0) is 17.6. The highest BCUT2D eigenvalue weighted by Crippen LogP contribution is 2.46. The zero-order valence-corrected chi connectivity index (χ0v) is 13.2. The lowest BCUT2D eigenvalue weighted by Crippen LogP contribution is -2.59. The largest absolute Gasteiger partial charge is 0.470 e. The molecule has 0 fully saturated rings. The Labute approximate surface area is 143 Å². The number of rotatable bonds is 3. The Morgan fingerprint density at radius 1 is 1.32 bits per heavy atom. The van der Waals surface area contributed by atoms with Crippen LogP contribution >= 0.6 is 0 Å².